The molecule has 0 unspecified atom stereocenters. The Morgan fingerprint density at radius 1 is 0.232 bits per heavy atom. The van der Waals surface area contributed by atoms with Gasteiger partial charge in [0.05, 0.1) is 22.1 Å². The summed E-state index contributed by atoms with van der Waals surface area (Å²) in [6.07, 6.45) is 0. The molecule has 2 aromatic heterocycles. The Balaban J connectivity index is 1.19. The van der Waals surface area contributed by atoms with Gasteiger partial charge in [-0.2, -0.15) is 0 Å². The lowest BCUT2D eigenvalue weighted by molar-refractivity contribution is 1.18. The number of hydrogen-bond acceptors (Lipinski definition) is 0. The predicted molar refractivity (Wildman–Crippen MR) is 237 cm³/mol. The summed E-state index contributed by atoms with van der Waals surface area (Å²) in [5, 5.41) is 4.97. The molecule has 11 aromatic rings. The molecule has 0 aliphatic heterocycles. The molecule has 0 saturated carbocycles. The third-order valence-corrected chi connectivity index (χ3v) is 11.3. The first-order chi connectivity index (χ1) is 27.8. The number of nitrogens with zero attached hydrogens (tertiary/aromatic N) is 2. The molecule has 0 saturated heterocycles. The van der Waals surface area contributed by atoms with Crippen molar-refractivity contribution in [2.45, 2.75) is 0 Å². The van der Waals surface area contributed by atoms with Crippen molar-refractivity contribution in [1.29, 1.82) is 0 Å². The molecule has 0 fully saturated rings. The number of benzene rings is 9. The second kappa shape index (κ2) is 13.2. The Hall–Kier alpha value is -7.42. The minimum atomic E-state index is 1.13. The molecule has 262 valence electrons. The third kappa shape index (κ3) is 5.26. The number of para-hydroxylation sites is 4. The Kier molecular flexibility index (Phi) is 7.53. The summed E-state index contributed by atoms with van der Waals surface area (Å²) in [7, 11) is 0. The van der Waals surface area contributed by atoms with E-state index in [0.29, 0.717) is 0 Å². The van der Waals surface area contributed by atoms with Crippen LogP contribution in [0.2, 0.25) is 0 Å². The topological polar surface area (TPSA) is 9.86 Å². The van der Waals surface area contributed by atoms with Crippen LogP contribution in [0.4, 0.5) is 0 Å². The summed E-state index contributed by atoms with van der Waals surface area (Å²) in [5.74, 6) is 0. The van der Waals surface area contributed by atoms with Crippen LogP contribution in [0.3, 0.4) is 0 Å². The summed E-state index contributed by atoms with van der Waals surface area (Å²) in [6.45, 7) is 0. The number of rotatable bonds is 6. The van der Waals surface area contributed by atoms with Crippen molar-refractivity contribution in [2.75, 3.05) is 0 Å². The number of fused-ring (bicyclic) bond motifs is 6. The summed E-state index contributed by atoms with van der Waals surface area (Å²) < 4.78 is 4.87. The van der Waals surface area contributed by atoms with Gasteiger partial charge in [-0.25, -0.2) is 0 Å². The summed E-state index contributed by atoms with van der Waals surface area (Å²) in [5.41, 5.74) is 16.6. The molecule has 2 nitrogen and oxygen atoms in total. The Morgan fingerprint density at radius 2 is 0.714 bits per heavy atom. The van der Waals surface area contributed by atoms with Gasteiger partial charge in [0.1, 0.15) is 0 Å². The minimum Gasteiger partial charge on any atom is -0.309 e. The second-order valence-corrected chi connectivity index (χ2v) is 14.6. The lowest BCUT2D eigenvalue weighted by atomic mass is 9.94. The van der Waals surface area contributed by atoms with E-state index < -0.39 is 0 Å². The molecule has 0 aliphatic rings. The molecule has 56 heavy (non-hydrogen) atoms. The molecule has 0 N–H and O–H groups in total. The summed E-state index contributed by atoms with van der Waals surface area (Å²) >= 11 is 0. The maximum atomic E-state index is 2.49. The zero-order chi connectivity index (χ0) is 37.0. The van der Waals surface area contributed by atoms with E-state index >= 15 is 0 Å². The van der Waals surface area contributed by atoms with E-state index in [1.54, 1.807) is 0 Å². The van der Waals surface area contributed by atoms with Crippen molar-refractivity contribution >= 4 is 43.6 Å². The van der Waals surface area contributed by atoms with Gasteiger partial charge in [0.15, 0.2) is 0 Å². The van der Waals surface area contributed by atoms with Gasteiger partial charge in [-0.15, -0.1) is 0 Å². The molecule has 2 heteroatoms. The fraction of sp³-hybridized carbons (Fsp3) is 0. The van der Waals surface area contributed by atoms with Gasteiger partial charge in [0.2, 0.25) is 0 Å². The Labute approximate surface area is 325 Å². The second-order valence-electron chi connectivity index (χ2n) is 14.6. The van der Waals surface area contributed by atoms with Gasteiger partial charge in [-0.05, 0) is 99.6 Å². The van der Waals surface area contributed by atoms with Gasteiger partial charge < -0.3 is 9.13 Å². The Morgan fingerprint density at radius 3 is 1.43 bits per heavy atom. The highest BCUT2D eigenvalue weighted by Crippen LogP contribution is 2.41. The van der Waals surface area contributed by atoms with E-state index in [2.05, 4.69) is 228 Å². The van der Waals surface area contributed by atoms with Gasteiger partial charge in [0.25, 0.3) is 0 Å². The molecule has 0 radical (unpaired) electrons. The normalized spacial score (nSPS) is 11.6. The molecular weight excluding hydrogens is 677 g/mol. The zero-order valence-corrected chi connectivity index (χ0v) is 30.7. The first-order valence-electron chi connectivity index (χ1n) is 19.3. The maximum Gasteiger partial charge on any atom is 0.0619 e. The van der Waals surface area contributed by atoms with Gasteiger partial charge in [-0.3, -0.25) is 0 Å². The minimum absolute atomic E-state index is 1.13. The van der Waals surface area contributed by atoms with Crippen LogP contribution in [0.5, 0.6) is 0 Å². The number of hydrogen-bond donors (Lipinski definition) is 0. The fourth-order valence-corrected chi connectivity index (χ4v) is 8.73. The van der Waals surface area contributed by atoms with Gasteiger partial charge in [-0.1, -0.05) is 158 Å². The molecule has 11 rings (SSSR count). The van der Waals surface area contributed by atoms with E-state index in [9.17, 15) is 0 Å². The lowest BCUT2D eigenvalue weighted by Crippen LogP contribution is -1.97. The van der Waals surface area contributed by atoms with Crippen LogP contribution in [0.25, 0.3) is 99.5 Å². The van der Waals surface area contributed by atoms with Gasteiger partial charge >= 0.3 is 0 Å². The highest BCUT2D eigenvalue weighted by Gasteiger charge is 2.19. The Bertz CT molecular complexity index is 3220. The first-order valence-corrected chi connectivity index (χ1v) is 19.3. The van der Waals surface area contributed by atoms with Crippen molar-refractivity contribution in [3.05, 3.63) is 218 Å². The molecule has 0 aliphatic carbocycles. The third-order valence-electron chi connectivity index (χ3n) is 11.3. The monoisotopic (exact) mass is 712 g/mol. The van der Waals surface area contributed by atoms with Crippen molar-refractivity contribution in [2.24, 2.45) is 0 Å². The van der Waals surface area contributed by atoms with Crippen LogP contribution in [0.1, 0.15) is 0 Å². The highest BCUT2D eigenvalue weighted by molar-refractivity contribution is 6.14. The molecule has 0 atom stereocenters. The molecule has 0 amide bonds. The van der Waals surface area contributed by atoms with Crippen LogP contribution in [-0.2, 0) is 0 Å². The van der Waals surface area contributed by atoms with Crippen LogP contribution in [0.15, 0.2) is 218 Å². The van der Waals surface area contributed by atoms with Crippen molar-refractivity contribution < 1.29 is 0 Å². The van der Waals surface area contributed by atoms with Crippen molar-refractivity contribution in [1.82, 2.24) is 9.13 Å². The highest BCUT2D eigenvalue weighted by atomic mass is 15.0. The van der Waals surface area contributed by atoms with E-state index in [1.807, 2.05) is 0 Å². The van der Waals surface area contributed by atoms with Crippen LogP contribution in [0, 0.1) is 0 Å². The quantitative estimate of drug-likeness (QED) is 0.162. The molecule has 9 aromatic carbocycles. The average Bonchev–Trinajstić information content (AvgIpc) is 3.80. The van der Waals surface area contributed by atoms with Crippen LogP contribution >= 0.6 is 0 Å². The van der Waals surface area contributed by atoms with E-state index in [4.69, 9.17) is 0 Å². The van der Waals surface area contributed by atoms with Crippen LogP contribution in [-0.4, -0.2) is 9.13 Å². The standard InChI is InChI=1S/C54H36N2/c1-4-16-37(17-5-1)39-20-14-21-40(32-39)42-33-43(41-30-31-53-50(36-41)48-25-11-12-28-51(48)55(53)44-22-8-3-9-23-44)35-45(34-42)56-52-29-13-10-24-47(52)49-27-15-26-46(54(49)56)38-18-6-2-7-19-38/h1-36H. The fourth-order valence-electron chi connectivity index (χ4n) is 8.73. The van der Waals surface area contributed by atoms with Gasteiger partial charge in [0, 0.05) is 38.5 Å². The van der Waals surface area contributed by atoms with Crippen molar-refractivity contribution in [3.8, 4) is 55.9 Å². The van der Waals surface area contributed by atoms with Crippen molar-refractivity contribution in [3.63, 3.8) is 0 Å². The van der Waals surface area contributed by atoms with E-state index in [1.165, 1.54) is 88.1 Å². The SMILES string of the molecule is c1ccc(-c2cccc(-c3cc(-c4ccc5c(c4)c4ccccc4n5-c4ccccc4)cc(-n4c5ccccc5c5cccc(-c6ccccc6)c54)c3)c2)cc1. The summed E-state index contributed by atoms with van der Waals surface area (Å²) in [6, 6.07) is 79.5. The number of aromatic nitrogens is 2. The molecule has 0 spiro atoms. The smallest absolute Gasteiger partial charge is 0.0619 e. The lowest BCUT2D eigenvalue weighted by Gasteiger charge is -2.16. The van der Waals surface area contributed by atoms with E-state index in [-0.39, 0.29) is 0 Å². The molecule has 0 bridgehead atoms. The maximum absolute atomic E-state index is 2.49. The van der Waals surface area contributed by atoms with E-state index in [0.717, 1.165) is 11.4 Å². The summed E-state index contributed by atoms with van der Waals surface area (Å²) in [4.78, 5) is 0. The predicted octanol–water partition coefficient (Wildman–Crippen LogP) is 14.5. The molecule has 2 heterocycles. The first kappa shape index (κ1) is 32.0. The largest absolute Gasteiger partial charge is 0.309 e. The zero-order valence-electron chi connectivity index (χ0n) is 30.7. The average molecular weight is 713 g/mol. The van der Waals surface area contributed by atoms with Crippen LogP contribution < -0.4 is 0 Å². The molecular formula is C54H36N2.